The predicted octanol–water partition coefficient (Wildman–Crippen LogP) is 4.34. The molecule has 1 aliphatic rings. The lowest BCUT2D eigenvalue weighted by Crippen LogP contribution is -2.37. The monoisotopic (exact) mass is 433 g/mol. The SMILES string of the molecule is O=S(=O)(Cc1cccc(Cl)c1)N1CCc2nc(-c3ccc(Cl)cc3)ncc2C1. The van der Waals surface area contributed by atoms with E-state index >= 15 is 0 Å². The fourth-order valence-corrected chi connectivity index (χ4v) is 5.02. The molecule has 0 amide bonds. The van der Waals surface area contributed by atoms with E-state index in [0.29, 0.717) is 34.4 Å². The van der Waals surface area contributed by atoms with Gasteiger partial charge in [0.1, 0.15) is 0 Å². The van der Waals surface area contributed by atoms with Gasteiger partial charge in [0.05, 0.1) is 11.4 Å². The fourth-order valence-electron chi connectivity index (χ4n) is 3.19. The topological polar surface area (TPSA) is 63.2 Å². The van der Waals surface area contributed by atoms with Crippen LogP contribution >= 0.6 is 23.2 Å². The second-order valence-corrected chi connectivity index (χ2v) is 9.48. The number of hydrogen-bond donors (Lipinski definition) is 0. The third-order valence-corrected chi connectivity index (χ3v) is 6.92. The minimum Gasteiger partial charge on any atom is -0.236 e. The molecule has 0 saturated heterocycles. The summed E-state index contributed by atoms with van der Waals surface area (Å²) >= 11 is 11.9. The molecule has 0 atom stereocenters. The number of sulfonamides is 1. The van der Waals surface area contributed by atoms with Gasteiger partial charge in [-0.2, -0.15) is 4.31 Å². The van der Waals surface area contributed by atoms with Crippen LogP contribution in [-0.4, -0.2) is 29.2 Å². The Morgan fingerprint density at radius 1 is 1.04 bits per heavy atom. The molecule has 1 aliphatic heterocycles. The quantitative estimate of drug-likeness (QED) is 0.613. The van der Waals surface area contributed by atoms with Crippen molar-refractivity contribution in [3.05, 3.63) is 81.6 Å². The Kier molecular flexibility index (Phi) is 5.38. The van der Waals surface area contributed by atoms with E-state index in [1.54, 1.807) is 42.6 Å². The average Bonchev–Trinajstić information content (AvgIpc) is 2.67. The maximum Gasteiger partial charge on any atom is 0.218 e. The van der Waals surface area contributed by atoms with Crippen LogP contribution in [0.25, 0.3) is 11.4 Å². The molecule has 0 saturated carbocycles. The standard InChI is InChI=1S/C20H17Cl2N3O2S/c21-17-6-4-15(5-7-17)20-23-11-16-12-25(9-8-19(16)24-20)28(26,27)13-14-2-1-3-18(22)10-14/h1-7,10-11H,8-9,12-13H2. The zero-order chi connectivity index (χ0) is 19.7. The van der Waals surface area contributed by atoms with Gasteiger partial charge in [-0.1, -0.05) is 35.3 Å². The molecule has 0 bridgehead atoms. The van der Waals surface area contributed by atoms with Crippen LogP contribution < -0.4 is 0 Å². The van der Waals surface area contributed by atoms with Crippen molar-refractivity contribution in [2.24, 2.45) is 0 Å². The van der Waals surface area contributed by atoms with E-state index in [2.05, 4.69) is 9.97 Å². The van der Waals surface area contributed by atoms with Gasteiger partial charge in [0, 0.05) is 46.9 Å². The van der Waals surface area contributed by atoms with Crippen molar-refractivity contribution < 1.29 is 8.42 Å². The van der Waals surface area contributed by atoms with E-state index < -0.39 is 10.0 Å². The van der Waals surface area contributed by atoms with Gasteiger partial charge in [-0.15, -0.1) is 0 Å². The number of nitrogens with zero attached hydrogens (tertiary/aromatic N) is 3. The molecular formula is C20H17Cl2N3O2S. The molecule has 0 radical (unpaired) electrons. The summed E-state index contributed by atoms with van der Waals surface area (Å²) in [6.07, 6.45) is 2.26. The Hall–Kier alpha value is -1.99. The number of hydrogen-bond acceptors (Lipinski definition) is 4. The molecule has 2 heterocycles. The first-order valence-electron chi connectivity index (χ1n) is 8.74. The number of halogens is 2. The van der Waals surface area contributed by atoms with Gasteiger partial charge in [-0.3, -0.25) is 0 Å². The van der Waals surface area contributed by atoms with Gasteiger partial charge < -0.3 is 0 Å². The largest absolute Gasteiger partial charge is 0.236 e. The van der Waals surface area contributed by atoms with Crippen molar-refractivity contribution in [3.63, 3.8) is 0 Å². The highest BCUT2D eigenvalue weighted by Gasteiger charge is 2.28. The van der Waals surface area contributed by atoms with Gasteiger partial charge in [0.2, 0.25) is 10.0 Å². The Labute approximate surface area is 174 Å². The van der Waals surface area contributed by atoms with Gasteiger partial charge in [-0.05, 0) is 42.0 Å². The molecule has 0 aliphatic carbocycles. The Morgan fingerprint density at radius 2 is 1.82 bits per heavy atom. The predicted molar refractivity (Wildman–Crippen MR) is 111 cm³/mol. The maximum atomic E-state index is 12.8. The van der Waals surface area contributed by atoms with Crippen LogP contribution in [0.2, 0.25) is 10.0 Å². The van der Waals surface area contributed by atoms with Crippen LogP contribution in [0.3, 0.4) is 0 Å². The first kappa shape index (κ1) is 19.3. The number of rotatable bonds is 4. The van der Waals surface area contributed by atoms with Crippen molar-refractivity contribution in [2.75, 3.05) is 6.54 Å². The summed E-state index contributed by atoms with van der Waals surface area (Å²) in [6, 6.07) is 14.3. The molecule has 0 N–H and O–H groups in total. The minimum atomic E-state index is -3.46. The summed E-state index contributed by atoms with van der Waals surface area (Å²) < 4.78 is 27.1. The van der Waals surface area contributed by atoms with Crippen LogP contribution in [0, 0.1) is 0 Å². The zero-order valence-electron chi connectivity index (χ0n) is 14.8. The molecule has 0 unspecified atom stereocenters. The highest BCUT2D eigenvalue weighted by Crippen LogP contribution is 2.25. The van der Waals surface area contributed by atoms with Crippen LogP contribution in [-0.2, 0) is 28.7 Å². The molecule has 28 heavy (non-hydrogen) atoms. The summed E-state index contributed by atoms with van der Waals surface area (Å²) in [5.74, 6) is 0.540. The highest BCUT2D eigenvalue weighted by atomic mass is 35.5. The fraction of sp³-hybridized carbons (Fsp3) is 0.200. The van der Waals surface area contributed by atoms with Crippen molar-refractivity contribution >= 4 is 33.2 Å². The van der Waals surface area contributed by atoms with Crippen molar-refractivity contribution in [1.29, 1.82) is 0 Å². The van der Waals surface area contributed by atoms with Crippen molar-refractivity contribution in [2.45, 2.75) is 18.7 Å². The molecule has 0 spiro atoms. The third kappa shape index (κ3) is 4.20. The van der Waals surface area contributed by atoms with Crippen LogP contribution in [0.15, 0.2) is 54.7 Å². The van der Waals surface area contributed by atoms with Crippen LogP contribution in [0.5, 0.6) is 0 Å². The lowest BCUT2D eigenvalue weighted by Gasteiger charge is -2.27. The van der Waals surface area contributed by atoms with Gasteiger partial charge in [-0.25, -0.2) is 18.4 Å². The molecule has 0 fully saturated rings. The van der Waals surface area contributed by atoms with Gasteiger partial charge in [0.25, 0.3) is 0 Å². The molecule has 144 valence electrons. The summed E-state index contributed by atoms with van der Waals surface area (Å²) in [7, 11) is -3.46. The maximum absolute atomic E-state index is 12.8. The van der Waals surface area contributed by atoms with E-state index in [4.69, 9.17) is 23.2 Å². The number of aromatic nitrogens is 2. The van der Waals surface area contributed by atoms with Crippen LogP contribution in [0.4, 0.5) is 0 Å². The first-order valence-corrected chi connectivity index (χ1v) is 11.1. The normalized spacial score (nSPS) is 14.6. The average molecular weight is 434 g/mol. The Balaban J connectivity index is 1.54. The number of fused-ring (bicyclic) bond motifs is 1. The molecule has 5 nitrogen and oxygen atoms in total. The number of benzene rings is 2. The second-order valence-electron chi connectivity index (χ2n) is 6.64. The highest BCUT2D eigenvalue weighted by molar-refractivity contribution is 7.88. The Morgan fingerprint density at radius 3 is 2.57 bits per heavy atom. The van der Waals surface area contributed by atoms with E-state index in [-0.39, 0.29) is 12.3 Å². The molecule has 8 heteroatoms. The second kappa shape index (κ2) is 7.79. The molecule has 4 rings (SSSR count). The summed E-state index contributed by atoms with van der Waals surface area (Å²) in [6.45, 7) is 0.673. The van der Waals surface area contributed by atoms with Gasteiger partial charge >= 0.3 is 0 Å². The van der Waals surface area contributed by atoms with Crippen molar-refractivity contribution in [3.8, 4) is 11.4 Å². The summed E-state index contributed by atoms with van der Waals surface area (Å²) in [5, 5.41) is 1.18. The lowest BCUT2D eigenvalue weighted by molar-refractivity contribution is 0.386. The van der Waals surface area contributed by atoms with Crippen molar-refractivity contribution in [1.82, 2.24) is 14.3 Å². The molecule has 3 aromatic rings. The molecular weight excluding hydrogens is 417 g/mol. The molecule has 1 aromatic heterocycles. The first-order chi connectivity index (χ1) is 13.4. The Bertz CT molecular complexity index is 1120. The third-order valence-electron chi connectivity index (χ3n) is 4.63. The summed E-state index contributed by atoms with van der Waals surface area (Å²) in [4.78, 5) is 9.04. The smallest absolute Gasteiger partial charge is 0.218 e. The minimum absolute atomic E-state index is 0.0768. The van der Waals surface area contributed by atoms with E-state index in [9.17, 15) is 8.42 Å². The van der Waals surface area contributed by atoms with Gasteiger partial charge in [0.15, 0.2) is 5.82 Å². The van der Waals surface area contributed by atoms with E-state index in [0.717, 1.165) is 16.8 Å². The molecule has 2 aromatic carbocycles. The zero-order valence-corrected chi connectivity index (χ0v) is 17.2. The van der Waals surface area contributed by atoms with Crippen LogP contribution in [0.1, 0.15) is 16.8 Å². The summed E-state index contributed by atoms with van der Waals surface area (Å²) in [5.41, 5.74) is 3.27. The lowest BCUT2D eigenvalue weighted by atomic mass is 10.1. The van der Waals surface area contributed by atoms with E-state index in [1.807, 2.05) is 12.1 Å². The van der Waals surface area contributed by atoms with E-state index in [1.165, 1.54) is 4.31 Å².